The summed E-state index contributed by atoms with van der Waals surface area (Å²) in [7, 11) is 4.64. The molecule has 1 N–H and O–H groups in total. The van der Waals surface area contributed by atoms with Crippen molar-refractivity contribution in [2.45, 2.75) is 24.8 Å². The summed E-state index contributed by atoms with van der Waals surface area (Å²) >= 11 is 0. The number of ether oxygens (including phenoxy) is 3. The number of nitrogens with one attached hydrogen (secondary N) is 1. The Morgan fingerprint density at radius 2 is 1.76 bits per heavy atom. The predicted octanol–water partition coefficient (Wildman–Crippen LogP) is 3.86. The molecule has 0 radical (unpaired) electrons. The van der Waals surface area contributed by atoms with Crippen molar-refractivity contribution < 1.29 is 23.4 Å². The molecule has 0 fully saturated rings. The molecular weight excluding hydrogens is 427 g/mol. The zero-order valence-corrected chi connectivity index (χ0v) is 18.5. The van der Waals surface area contributed by atoms with Crippen LogP contribution in [0.15, 0.2) is 54.0 Å². The Morgan fingerprint density at radius 1 is 1.00 bits per heavy atom. The van der Waals surface area contributed by atoms with Gasteiger partial charge in [0.1, 0.15) is 18.2 Å². The monoisotopic (exact) mass is 450 g/mol. The number of rotatable bonds is 5. The summed E-state index contributed by atoms with van der Waals surface area (Å²) < 4.78 is 31.8. The summed E-state index contributed by atoms with van der Waals surface area (Å²) in [5.74, 6) is 1.57. The molecule has 2 aromatic carbocycles. The van der Waals surface area contributed by atoms with Crippen LogP contribution in [0, 0.1) is 5.82 Å². The van der Waals surface area contributed by atoms with Crippen molar-refractivity contribution in [3.63, 3.8) is 0 Å². The molecule has 9 heteroatoms. The van der Waals surface area contributed by atoms with Crippen molar-refractivity contribution in [2.24, 2.45) is 0 Å². The number of methoxy groups -OCH3 is 3. The topological polar surface area (TPSA) is 87.5 Å². The number of hydrogen-bond donors (Lipinski definition) is 1. The van der Waals surface area contributed by atoms with Gasteiger partial charge in [0.15, 0.2) is 17.3 Å². The standard InChI is InChI=1S/C24H23FN4O4/c1-31-19-9-8-16(22(32-2)23(19)33-3)21-20-17(28-24-26-12-27-29(21)24)10-14(11-18(20)30)13-4-6-15(25)7-5-13/h4-9,12,14,21H,10-11H2,1-3H3,(H,26,27,28)/t14-,21-/m1/s1. The Bertz CT molecular complexity index is 1250. The number of carbonyl (C=O) groups excluding carboxylic acids is 1. The lowest BCUT2D eigenvalue weighted by molar-refractivity contribution is -0.116. The number of carbonyl (C=O) groups is 1. The van der Waals surface area contributed by atoms with Crippen LogP contribution in [0.4, 0.5) is 10.3 Å². The van der Waals surface area contributed by atoms with Crippen LogP contribution in [0.3, 0.4) is 0 Å². The van der Waals surface area contributed by atoms with Gasteiger partial charge in [0.05, 0.1) is 21.3 Å². The van der Waals surface area contributed by atoms with Gasteiger partial charge in [0.2, 0.25) is 11.7 Å². The Hall–Kier alpha value is -3.88. The van der Waals surface area contributed by atoms with E-state index in [-0.39, 0.29) is 17.5 Å². The largest absolute Gasteiger partial charge is 0.493 e. The first-order valence-electron chi connectivity index (χ1n) is 10.5. The predicted molar refractivity (Wildman–Crippen MR) is 118 cm³/mol. The lowest BCUT2D eigenvalue weighted by Gasteiger charge is -2.35. The first kappa shape index (κ1) is 21.0. The van der Waals surface area contributed by atoms with Gasteiger partial charge < -0.3 is 19.5 Å². The number of ketones is 1. The fourth-order valence-corrected chi connectivity index (χ4v) is 4.75. The van der Waals surface area contributed by atoms with Gasteiger partial charge in [-0.25, -0.2) is 9.07 Å². The zero-order valence-electron chi connectivity index (χ0n) is 18.5. The number of hydrogen-bond acceptors (Lipinski definition) is 7. The van der Waals surface area contributed by atoms with E-state index in [0.717, 1.165) is 11.3 Å². The van der Waals surface area contributed by atoms with Crippen molar-refractivity contribution in [2.75, 3.05) is 26.6 Å². The molecule has 0 saturated carbocycles. The summed E-state index contributed by atoms with van der Waals surface area (Å²) in [6.45, 7) is 0. The molecule has 0 saturated heterocycles. The van der Waals surface area contributed by atoms with E-state index >= 15 is 0 Å². The molecule has 170 valence electrons. The van der Waals surface area contributed by atoms with Gasteiger partial charge in [-0.1, -0.05) is 12.1 Å². The maximum absolute atomic E-state index is 13.5. The van der Waals surface area contributed by atoms with Crippen LogP contribution in [-0.2, 0) is 4.79 Å². The average molecular weight is 450 g/mol. The minimum atomic E-state index is -0.546. The first-order chi connectivity index (χ1) is 16.0. The van der Waals surface area contributed by atoms with E-state index in [1.165, 1.54) is 25.6 Å². The van der Waals surface area contributed by atoms with E-state index in [0.29, 0.717) is 47.2 Å². The second-order valence-electron chi connectivity index (χ2n) is 7.95. The van der Waals surface area contributed by atoms with Gasteiger partial charge in [-0.05, 0) is 42.2 Å². The highest BCUT2D eigenvalue weighted by molar-refractivity contribution is 6.00. The van der Waals surface area contributed by atoms with Crippen LogP contribution in [0.5, 0.6) is 17.2 Å². The Balaban J connectivity index is 1.64. The molecule has 2 atom stereocenters. The van der Waals surface area contributed by atoms with Gasteiger partial charge in [-0.2, -0.15) is 10.1 Å². The SMILES string of the molecule is COc1ccc([C@@H]2C3=C(C[C@@H](c4ccc(F)cc4)CC3=O)Nc3ncnn32)c(OC)c1OC. The van der Waals surface area contributed by atoms with E-state index in [2.05, 4.69) is 15.4 Å². The fourth-order valence-electron chi connectivity index (χ4n) is 4.75. The maximum Gasteiger partial charge on any atom is 0.226 e. The minimum absolute atomic E-state index is 0.0129. The van der Waals surface area contributed by atoms with Gasteiger partial charge >= 0.3 is 0 Å². The van der Waals surface area contributed by atoms with Crippen LogP contribution in [-0.4, -0.2) is 41.9 Å². The molecule has 2 heterocycles. The highest BCUT2D eigenvalue weighted by Gasteiger charge is 2.41. The number of Topliss-reactive ketones (excluding diaryl/α,β-unsaturated/α-hetero) is 1. The van der Waals surface area contributed by atoms with E-state index in [9.17, 15) is 9.18 Å². The van der Waals surface area contributed by atoms with Crippen molar-refractivity contribution in [1.82, 2.24) is 14.8 Å². The van der Waals surface area contributed by atoms with Crippen LogP contribution < -0.4 is 19.5 Å². The van der Waals surface area contributed by atoms with Crippen LogP contribution in [0.1, 0.15) is 35.9 Å². The third-order valence-electron chi connectivity index (χ3n) is 6.23. The maximum atomic E-state index is 13.5. The lowest BCUT2D eigenvalue weighted by Crippen LogP contribution is -2.33. The zero-order chi connectivity index (χ0) is 23.1. The Labute approximate surface area is 190 Å². The molecule has 0 unspecified atom stereocenters. The van der Waals surface area contributed by atoms with Crippen LogP contribution in [0.2, 0.25) is 0 Å². The van der Waals surface area contributed by atoms with Crippen molar-refractivity contribution >= 4 is 11.7 Å². The Kier molecular flexibility index (Phi) is 5.24. The molecule has 2 aliphatic rings. The minimum Gasteiger partial charge on any atom is -0.493 e. The van der Waals surface area contributed by atoms with E-state index in [4.69, 9.17) is 14.2 Å². The summed E-state index contributed by atoms with van der Waals surface area (Å²) in [5.41, 5.74) is 3.02. The molecule has 1 aliphatic carbocycles. The number of nitrogens with zero attached hydrogens (tertiary/aromatic N) is 3. The van der Waals surface area contributed by atoms with Crippen LogP contribution >= 0.6 is 0 Å². The van der Waals surface area contributed by atoms with Gasteiger partial charge in [0.25, 0.3) is 0 Å². The Morgan fingerprint density at radius 3 is 2.45 bits per heavy atom. The van der Waals surface area contributed by atoms with Gasteiger partial charge in [0, 0.05) is 23.3 Å². The molecule has 33 heavy (non-hydrogen) atoms. The molecular formula is C24H23FN4O4. The quantitative estimate of drug-likeness (QED) is 0.632. The number of allylic oxidation sites excluding steroid dienone is 2. The number of fused-ring (bicyclic) bond motifs is 1. The number of aromatic nitrogens is 3. The number of benzene rings is 2. The molecule has 1 aliphatic heterocycles. The molecule has 1 aromatic heterocycles. The van der Waals surface area contributed by atoms with E-state index < -0.39 is 6.04 Å². The summed E-state index contributed by atoms with van der Waals surface area (Å²) in [4.78, 5) is 17.9. The summed E-state index contributed by atoms with van der Waals surface area (Å²) in [6.07, 6.45) is 2.34. The van der Waals surface area contributed by atoms with E-state index in [1.54, 1.807) is 37.1 Å². The fraction of sp³-hybridized carbons (Fsp3) is 0.292. The van der Waals surface area contributed by atoms with Crippen molar-refractivity contribution in [3.8, 4) is 17.2 Å². The highest BCUT2D eigenvalue weighted by atomic mass is 19.1. The summed E-state index contributed by atoms with van der Waals surface area (Å²) in [6, 6.07) is 9.40. The van der Waals surface area contributed by atoms with Crippen molar-refractivity contribution in [3.05, 3.63) is 70.9 Å². The molecule has 5 rings (SSSR count). The number of halogens is 1. The normalized spacial score (nSPS) is 19.5. The highest BCUT2D eigenvalue weighted by Crippen LogP contribution is 2.49. The average Bonchev–Trinajstić information content (AvgIpc) is 3.30. The summed E-state index contributed by atoms with van der Waals surface area (Å²) in [5, 5.41) is 7.67. The lowest BCUT2D eigenvalue weighted by atomic mass is 9.77. The molecule has 0 spiro atoms. The van der Waals surface area contributed by atoms with Crippen molar-refractivity contribution in [1.29, 1.82) is 0 Å². The van der Waals surface area contributed by atoms with Crippen LogP contribution in [0.25, 0.3) is 0 Å². The van der Waals surface area contributed by atoms with Gasteiger partial charge in [-0.3, -0.25) is 4.79 Å². The molecule has 0 amide bonds. The third kappa shape index (κ3) is 3.40. The van der Waals surface area contributed by atoms with E-state index in [1.807, 2.05) is 6.07 Å². The molecule has 3 aromatic rings. The molecule has 8 nitrogen and oxygen atoms in total. The first-order valence-corrected chi connectivity index (χ1v) is 10.5. The molecule has 0 bridgehead atoms. The van der Waals surface area contributed by atoms with Gasteiger partial charge in [-0.15, -0.1) is 0 Å². The third-order valence-corrected chi connectivity index (χ3v) is 6.23. The smallest absolute Gasteiger partial charge is 0.226 e. The second kappa shape index (κ2) is 8.23. The second-order valence-corrected chi connectivity index (χ2v) is 7.95. The number of anilines is 1.